The van der Waals surface area contributed by atoms with Crippen LogP contribution < -0.4 is 0 Å². The Morgan fingerprint density at radius 2 is 2.07 bits per heavy atom. The van der Waals surface area contributed by atoms with Gasteiger partial charge in [0.1, 0.15) is 0 Å². The first-order chi connectivity index (χ1) is 6.78. The van der Waals surface area contributed by atoms with E-state index in [1.54, 1.807) is 7.11 Å². The third kappa shape index (κ3) is 8.01. The number of carboxylic acid groups (broad SMARTS) is 1. The van der Waals surface area contributed by atoms with E-state index in [0.29, 0.717) is 6.10 Å². The van der Waals surface area contributed by atoms with Crippen molar-refractivity contribution in [3.8, 4) is 0 Å². The van der Waals surface area contributed by atoms with Gasteiger partial charge >= 0.3 is 0 Å². The quantitative estimate of drug-likeness (QED) is 0.693. The zero-order chi connectivity index (χ0) is 11.4. The van der Waals surface area contributed by atoms with Crippen LogP contribution in [0.4, 0.5) is 0 Å². The summed E-state index contributed by atoms with van der Waals surface area (Å²) in [6.45, 7) is 9.46. The van der Waals surface area contributed by atoms with Gasteiger partial charge in [-0.25, -0.2) is 0 Å². The van der Waals surface area contributed by atoms with Crippen LogP contribution in [0.15, 0.2) is 0 Å². The van der Waals surface area contributed by atoms with Gasteiger partial charge in [-0.2, -0.15) is 0 Å². The predicted molar refractivity (Wildman–Crippen MR) is 57.6 cm³/mol. The summed E-state index contributed by atoms with van der Waals surface area (Å²) in [6, 6.07) is 0. The van der Waals surface area contributed by atoms with Crippen molar-refractivity contribution in [1.29, 1.82) is 0 Å². The van der Waals surface area contributed by atoms with Gasteiger partial charge in [0.05, 0.1) is 6.10 Å². The van der Waals surface area contributed by atoms with E-state index < -0.39 is 0 Å². The van der Waals surface area contributed by atoms with Gasteiger partial charge in [0.15, 0.2) is 0 Å². The number of ether oxygens (including phenoxy) is 1. The Morgan fingerprint density at radius 3 is 2.29 bits per heavy atom. The van der Waals surface area contributed by atoms with Gasteiger partial charge < -0.3 is 14.7 Å². The molecule has 86 valence electrons. The fourth-order valence-electron chi connectivity index (χ4n) is 1.28. The lowest BCUT2D eigenvalue weighted by Gasteiger charge is -2.11. The summed E-state index contributed by atoms with van der Waals surface area (Å²) < 4.78 is 5.20. The molecule has 0 aliphatic carbocycles. The lowest BCUT2D eigenvalue weighted by atomic mass is 10.3. The van der Waals surface area contributed by atoms with Crippen LogP contribution in [0.2, 0.25) is 0 Å². The van der Waals surface area contributed by atoms with Gasteiger partial charge in [-0.15, -0.1) is 0 Å². The molecule has 0 aromatic heterocycles. The van der Waals surface area contributed by atoms with Crippen LogP contribution in [0, 0.1) is 0 Å². The minimum absolute atomic E-state index is 0.250. The zero-order valence-electron chi connectivity index (χ0n) is 9.69. The van der Waals surface area contributed by atoms with Crippen molar-refractivity contribution in [2.75, 3.05) is 26.7 Å². The number of rotatable bonds is 2. The highest BCUT2D eigenvalue weighted by atomic mass is 16.5. The molecule has 1 saturated heterocycles. The molecule has 0 bridgehead atoms. The largest absolute Gasteiger partial charge is 0.483 e. The Labute approximate surface area is 86.9 Å². The molecule has 1 aliphatic rings. The van der Waals surface area contributed by atoms with Gasteiger partial charge in [-0.05, 0) is 13.0 Å². The smallest absolute Gasteiger partial charge is 0.290 e. The molecule has 14 heavy (non-hydrogen) atoms. The average molecular weight is 205 g/mol. The molecular formula is C10H23NO3. The normalized spacial score (nSPS) is 20.1. The van der Waals surface area contributed by atoms with E-state index in [1.165, 1.54) is 19.5 Å². The van der Waals surface area contributed by atoms with Gasteiger partial charge in [0.2, 0.25) is 0 Å². The molecule has 0 aromatic carbocycles. The molecule has 0 radical (unpaired) electrons. The van der Waals surface area contributed by atoms with Crippen molar-refractivity contribution in [1.82, 2.24) is 4.90 Å². The van der Waals surface area contributed by atoms with E-state index in [0.717, 1.165) is 6.54 Å². The third-order valence-electron chi connectivity index (χ3n) is 2.01. The second-order valence-corrected chi connectivity index (χ2v) is 2.65. The molecule has 1 fully saturated rings. The maximum Gasteiger partial charge on any atom is 0.290 e. The van der Waals surface area contributed by atoms with Crippen LogP contribution in [0.1, 0.15) is 27.2 Å². The van der Waals surface area contributed by atoms with Crippen molar-refractivity contribution >= 4 is 6.47 Å². The minimum Gasteiger partial charge on any atom is -0.483 e. The maximum atomic E-state index is 8.36. The molecule has 1 rings (SSSR count). The molecule has 1 atom stereocenters. The van der Waals surface area contributed by atoms with Crippen molar-refractivity contribution in [2.24, 2.45) is 0 Å². The van der Waals surface area contributed by atoms with Crippen LogP contribution in [0.3, 0.4) is 0 Å². The summed E-state index contributed by atoms with van der Waals surface area (Å²) in [5.74, 6) is 0. The molecule has 1 N–H and O–H groups in total. The van der Waals surface area contributed by atoms with Gasteiger partial charge in [0, 0.05) is 20.2 Å². The van der Waals surface area contributed by atoms with E-state index in [9.17, 15) is 0 Å². The molecule has 4 heteroatoms. The van der Waals surface area contributed by atoms with Gasteiger partial charge in [-0.3, -0.25) is 4.79 Å². The van der Waals surface area contributed by atoms with Gasteiger partial charge in [-0.1, -0.05) is 20.8 Å². The lowest BCUT2D eigenvalue weighted by molar-refractivity contribution is -0.122. The fraction of sp³-hybridized carbons (Fsp3) is 0.900. The fourth-order valence-corrected chi connectivity index (χ4v) is 1.28. The second-order valence-electron chi connectivity index (χ2n) is 2.65. The SMILES string of the molecule is CC.CCN1CCC(OC)C1.O=CO. The van der Waals surface area contributed by atoms with E-state index in [-0.39, 0.29) is 6.47 Å². The highest BCUT2D eigenvalue weighted by Crippen LogP contribution is 2.10. The molecule has 0 aromatic rings. The molecule has 1 aliphatic heterocycles. The Hall–Kier alpha value is -0.610. The Bertz CT molecular complexity index is 110. The summed E-state index contributed by atoms with van der Waals surface area (Å²) in [5, 5.41) is 6.89. The number of hydrogen-bond donors (Lipinski definition) is 1. The molecule has 0 amide bonds. The number of likely N-dealkylation sites (N-methyl/N-ethyl adjacent to an activating group) is 1. The van der Waals surface area contributed by atoms with Crippen LogP contribution in [0.5, 0.6) is 0 Å². The van der Waals surface area contributed by atoms with Crippen molar-refractivity contribution < 1.29 is 14.6 Å². The second kappa shape index (κ2) is 12.4. The predicted octanol–water partition coefficient (Wildman–Crippen LogP) is 1.45. The van der Waals surface area contributed by atoms with Crippen molar-refractivity contribution in [3.63, 3.8) is 0 Å². The molecule has 0 saturated carbocycles. The van der Waals surface area contributed by atoms with Crippen molar-refractivity contribution in [2.45, 2.75) is 33.3 Å². The van der Waals surface area contributed by atoms with Crippen LogP contribution in [-0.2, 0) is 9.53 Å². The molecule has 4 nitrogen and oxygen atoms in total. The van der Waals surface area contributed by atoms with Crippen LogP contribution in [0.25, 0.3) is 0 Å². The van der Waals surface area contributed by atoms with Gasteiger partial charge in [0.25, 0.3) is 6.47 Å². The molecular weight excluding hydrogens is 182 g/mol. The van der Waals surface area contributed by atoms with Crippen LogP contribution in [-0.4, -0.2) is 49.3 Å². The highest BCUT2D eigenvalue weighted by Gasteiger charge is 2.19. The van der Waals surface area contributed by atoms with E-state index >= 15 is 0 Å². The average Bonchev–Trinajstić information content (AvgIpc) is 2.69. The topological polar surface area (TPSA) is 49.8 Å². The number of carbonyl (C=O) groups is 1. The maximum absolute atomic E-state index is 8.36. The first-order valence-corrected chi connectivity index (χ1v) is 5.11. The summed E-state index contributed by atoms with van der Waals surface area (Å²) in [4.78, 5) is 10.8. The third-order valence-corrected chi connectivity index (χ3v) is 2.01. The zero-order valence-corrected chi connectivity index (χ0v) is 9.69. The minimum atomic E-state index is -0.250. The number of hydrogen-bond acceptors (Lipinski definition) is 3. The first-order valence-electron chi connectivity index (χ1n) is 5.11. The summed E-state index contributed by atoms with van der Waals surface area (Å²) in [6.07, 6.45) is 1.72. The van der Waals surface area contributed by atoms with Crippen LogP contribution >= 0.6 is 0 Å². The Morgan fingerprint density at radius 1 is 1.57 bits per heavy atom. The standard InChI is InChI=1S/C7H15NO.C2H6.CH2O2/c1-3-8-5-4-7(6-8)9-2;1-2;2-1-3/h7H,3-6H2,1-2H3;1-2H3;1H,(H,2,3). The Kier molecular flexibility index (Phi) is 14.0. The summed E-state index contributed by atoms with van der Waals surface area (Å²) in [7, 11) is 1.80. The van der Waals surface area contributed by atoms with E-state index in [2.05, 4.69) is 11.8 Å². The molecule has 0 spiro atoms. The highest BCUT2D eigenvalue weighted by molar-refractivity contribution is 5.32. The number of likely N-dealkylation sites (tertiary alicyclic amines) is 1. The summed E-state index contributed by atoms with van der Waals surface area (Å²) in [5.41, 5.74) is 0. The number of nitrogens with zero attached hydrogens (tertiary/aromatic N) is 1. The lowest BCUT2D eigenvalue weighted by Crippen LogP contribution is -2.22. The monoisotopic (exact) mass is 205 g/mol. The number of methoxy groups -OCH3 is 1. The Balaban J connectivity index is 0. The van der Waals surface area contributed by atoms with E-state index in [4.69, 9.17) is 14.6 Å². The van der Waals surface area contributed by atoms with Crippen molar-refractivity contribution in [3.05, 3.63) is 0 Å². The van der Waals surface area contributed by atoms with E-state index in [1.807, 2.05) is 13.8 Å². The molecule has 1 heterocycles. The molecule has 1 unspecified atom stereocenters. The summed E-state index contributed by atoms with van der Waals surface area (Å²) >= 11 is 0. The first kappa shape index (κ1) is 15.8.